The first-order valence-corrected chi connectivity index (χ1v) is 8.46. The molecule has 1 atom stereocenters. The number of carbonyl (C=O) groups is 1. The van der Waals surface area contributed by atoms with Gasteiger partial charge in [0.1, 0.15) is 0 Å². The predicted molar refractivity (Wildman–Crippen MR) is 95.9 cm³/mol. The van der Waals surface area contributed by atoms with Crippen molar-refractivity contribution in [2.75, 3.05) is 10.6 Å². The SMILES string of the molecule is CCC(Nc1ccc(NC(=O)C2CC2)cc1)c1ccc(Cl)cc1. The molecule has 2 aromatic carbocycles. The minimum Gasteiger partial charge on any atom is -0.378 e. The summed E-state index contributed by atoms with van der Waals surface area (Å²) in [4.78, 5) is 11.8. The van der Waals surface area contributed by atoms with Crippen LogP contribution in [0, 0.1) is 5.92 Å². The summed E-state index contributed by atoms with van der Waals surface area (Å²) in [5, 5.41) is 7.23. The van der Waals surface area contributed by atoms with Crippen molar-refractivity contribution in [3.63, 3.8) is 0 Å². The smallest absolute Gasteiger partial charge is 0.227 e. The Bertz CT molecular complexity index is 663. The Morgan fingerprint density at radius 2 is 1.70 bits per heavy atom. The molecule has 0 spiro atoms. The van der Waals surface area contributed by atoms with E-state index in [-0.39, 0.29) is 17.9 Å². The van der Waals surface area contributed by atoms with Gasteiger partial charge in [0.05, 0.1) is 6.04 Å². The third kappa shape index (κ3) is 4.26. The second kappa shape index (κ2) is 7.05. The zero-order valence-electron chi connectivity index (χ0n) is 13.2. The highest BCUT2D eigenvalue weighted by Gasteiger charge is 2.29. The summed E-state index contributed by atoms with van der Waals surface area (Å²) in [6, 6.07) is 16.0. The summed E-state index contributed by atoms with van der Waals surface area (Å²) in [7, 11) is 0. The van der Waals surface area contributed by atoms with Gasteiger partial charge >= 0.3 is 0 Å². The maximum atomic E-state index is 11.8. The highest BCUT2D eigenvalue weighted by Crippen LogP contribution is 2.30. The molecule has 23 heavy (non-hydrogen) atoms. The van der Waals surface area contributed by atoms with Crippen LogP contribution in [0.1, 0.15) is 37.8 Å². The van der Waals surface area contributed by atoms with Crippen LogP contribution in [0.5, 0.6) is 0 Å². The van der Waals surface area contributed by atoms with Crippen molar-refractivity contribution in [1.82, 2.24) is 0 Å². The van der Waals surface area contributed by atoms with E-state index in [2.05, 4.69) is 17.6 Å². The standard InChI is InChI=1S/C19H21ClN2O/c1-2-18(13-5-7-15(20)8-6-13)21-16-9-11-17(12-10-16)22-19(23)14-3-4-14/h5-12,14,18,21H,2-4H2,1H3,(H,22,23). The molecule has 120 valence electrons. The number of benzene rings is 2. The average molecular weight is 329 g/mol. The topological polar surface area (TPSA) is 41.1 Å². The van der Waals surface area contributed by atoms with E-state index >= 15 is 0 Å². The molecule has 0 aromatic heterocycles. The highest BCUT2D eigenvalue weighted by molar-refractivity contribution is 6.30. The Morgan fingerprint density at radius 1 is 1.09 bits per heavy atom. The molecular weight excluding hydrogens is 308 g/mol. The van der Waals surface area contributed by atoms with Crippen LogP contribution in [0.15, 0.2) is 48.5 Å². The number of nitrogens with one attached hydrogen (secondary N) is 2. The zero-order chi connectivity index (χ0) is 16.2. The van der Waals surface area contributed by atoms with E-state index in [0.717, 1.165) is 35.7 Å². The van der Waals surface area contributed by atoms with Gasteiger partial charge in [0.2, 0.25) is 5.91 Å². The van der Waals surface area contributed by atoms with Gasteiger partial charge in [-0.05, 0) is 61.2 Å². The Hall–Kier alpha value is -2.00. The fourth-order valence-electron chi connectivity index (χ4n) is 2.56. The number of carbonyl (C=O) groups excluding carboxylic acids is 1. The molecule has 1 saturated carbocycles. The summed E-state index contributed by atoms with van der Waals surface area (Å²) in [6.07, 6.45) is 3.01. The second-order valence-corrected chi connectivity index (χ2v) is 6.43. The van der Waals surface area contributed by atoms with E-state index < -0.39 is 0 Å². The molecule has 2 N–H and O–H groups in total. The number of anilines is 2. The van der Waals surface area contributed by atoms with Crippen LogP contribution in [-0.4, -0.2) is 5.91 Å². The molecular formula is C19H21ClN2O. The van der Waals surface area contributed by atoms with Gasteiger partial charge in [-0.3, -0.25) is 4.79 Å². The van der Waals surface area contributed by atoms with Crippen LogP contribution in [0.4, 0.5) is 11.4 Å². The first-order valence-electron chi connectivity index (χ1n) is 8.08. The molecule has 1 amide bonds. The molecule has 0 radical (unpaired) electrons. The summed E-state index contributed by atoms with van der Waals surface area (Å²) < 4.78 is 0. The van der Waals surface area contributed by atoms with Crippen LogP contribution >= 0.6 is 11.6 Å². The minimum absolute atomic E-state index is 0.137. The summed E-state index contributed by atoms with van der Waals surface area (Å²) in [5.74, 6) is 0.362. The Morgan fingerprint density at radius 3 is 2.26 bits per heavy atom. The number of hydrogen-bond acceptors (Lipinski definition) is 2. The number of hydrogen-bond donors (Lipinski definition) is 2. The molecule has 3 nitrogen and oxygen atoms in total. The van der Waals surface area contributed by atoms with E-state index in [0.29, 0.717) is 0 Å². The van der Waals surface area contributed by atoms with E-state index in [9.17, 15) is 4.79 Å². The first-order chi connectivity index (χ1) is 11.2. The van der Waals surface area contributed by atoms with Gasteiger partial charge < -0.3 is 10.6 Å². The Kier molecular flexibility index (Phi) is 4.87. The summed E-state index contributed by atoms with van der Waals surface area (Å²) >= 11 is 5.95. The molecule has 1 unspecified atom stereocenters. The Balaban J connectivity index is 1.63. The van der Waals surface area contributed by atoms with Crippen LogP contribution in [0.25, 0.3) is 0 Å². The fourth-order valence-corrected chi connectivity index (χ4v) is 2.68. The molecule has 0 heterocycles. The van der Waals surface area contributed by atoms with E-state index in [1.54, 1.807) is 0 Å². The number of rotatable bonds is 6. The summed E-state index contributed by atoms with van der Waals surface area (Å²) in [5.41, 5.74) is 3.10. The molecule has 2 aromatic rings. The molecule has 4 heteroatoms. The van der Waals surface area contributed by atoms with E-state index in [1.807, 2.05) is 48.5 Å². The Labute approximate surface area is 142 Å². The largest absolute Gasteiger partial charge is 0.378 e. The molecule has 1 fully saturated rings. The average Bonchev–Trinajstić information content (AvgIpc) is 3.40. The number of halogens is 1. The lowest BCUT2D eigenvalue weighted by Crippen LogP contribution is -2.13. The van der Waals surface area contributed by atoms with E-state index in [1.165, 1.54) is 5.56 Å². The lowest BCUT2D eigenvalue weighted by atomic mass is 10.0. The van der Waals surface area contributed by atoms with Crippen molar-refractivity contribution in [3.05, 3.63) is 59.1 Å². The van der Waals surface area contributed by atoms with Gasteiger partial charge in [0.15, 0.2) is 0 Å². The molecule has 1 aliphatic rings. The second-order valence-electron chi connectivity index (χ2n) is 6.00. The van der Waals surface area contributed by atoms with Gasteiger partial charge in [-0.15, -0.1) is 0 Å². The van der Waals surface area contributed by atoms with Gasteiger partial charge in [-0.1, -0.05) is 30.7 Å². The third-order valence-electron chi connectivity index (χ3n) is 4.12. The minimum atomic E-state index is 0.137. The zero-order valence-corrected chi connectivity index (χ0v) is 13.9. The maximum absolute atomic E-state index is 11.8. The molecule has 1 aliphatic carbocycles. The highest BCUT2D eigenvalue weighted by atomic mass is 35.5. The molecule has 0 bridgehead atoms. The van der Waals surface area contributed by atoms with Crippen molar-refractivity contribution in [2.24, 2.45) is 5.92 Å². The van der Waals surface area contributed by atoms with Gasteiger partial charge in [-0.25, -0.2) is 0 Å². The fraction of sp³-hybridized carbons (Fsp3) is 0.316. The van der Waals surface area contributed by atoms with Gasteiger partial charge in [0, 0.05) is 22.3 Å². The van der Waals surface area contributed by atoms with Crippen LogP contribution < -0.4 is 10.6 Å². The molecule has 0 aliphatic heterocycles. The van der Waals surface area contributed by atoms with Crippen molar-refractivity contribution >= 4 is 28.9 Å². The van der Waals surface area contributed by atoms with Gasteiger partial charge in [-0.2, -0.15) is 0 Å². The van der Waals surface area contributed by atoms with E-state index in [4.69, 9.17) is 11.6 Å². The number of amides is 1. The molecule has 3 rings (SSSR count). The van der Waals surface area contributed by atoms with Crippen molar-refractivity contribution in [2.45, 2.75) is 32.2 Å². The molecule has 0 saturated heterocycles. The predicted octanol–water partition coefficient (Wildman–Crippen LogP) is 5.25. The maximum Gasteiger partial charge on any atom is 0.227 e. The quantitative estimate of drug-likeness (QED) is 0.760. The summed E-state index contributed by atoms with van der Waals surface area (Å²) in [6.45, 7) is 2.15. The third-order valence-corrected chi connectivity index (χ3v) is 4.37. The monoisotopic (exact) mass is 328 g/mol. The van der Waals surface area contributed by atoms with Crippen LogP contribution in [0.2, 0.25) is 5.02 Å². The van der Waals surface area contributed by atoms with Gasteiger partial charge in [0.25, 0.3) is 0 Å². The van der Waals surface area contributed by atoms with Crippen LogP contribution in [-0.2, 0) is 4.79 Å². The lowest BCUT2D eigenvalue weighted by molar-refractivity contribution is -0.117. The van der Waals surface area contributed by atoms with Crippen molar-refractivity contribution in [1.29, 1.82) is 0 Å². The first kappa shape index (κ1) is 15.9. The van der Waals surface area contributed by atoms with Crippen molar-refractivity contribution < 1.29 is 4.79 Å². The van der Waals surface area contributed by atoms with Crippen LogP contribution in [0.3, 0.4) is 0 Å². The van der Waals surface area contributed by atoms with Crippen molar-refractivity contribution in [3.8, 4) is 0 Å². The lowest BCUT2D eigenvalue weighted by Gasteiger charge is -2.19. The normalized spacial score (nSPS) is 15.0.